The number of hydrogen-bond donors (Lipinski definition) is 1. The third-order valence-corrected chi connectivity index (χ3v) is 6.77. The molecule has 7 heteroatoms. The number of likely N-dealkylation sites (tertiary alicyclic amines) is 1. The lowest BCUT2D eigenvalue weighted by molar-refractivity contribution is -0.115. The molecule has 3 heterocycles. The fraction of sp³-hybridized carbons (Fsp3) is 0.375. The second-order valence-electron chi connectivity index (χ2n) is 7.94. The zero-order valence-corrected chi connectivity index (χ0v) is 18.8. The Morgan fingerprint density at radius 2 is 1.90 bits per heavy atom. The van der Waals surface area contributed by atoms with Crippen LogP contribution in [0.3, 0.4) is 0 Å². The van der Waals surface area contributed by atoms with Crippen LogP contribution in [-0.4, -0.2) is 42.0 Å². The SMILES string of the molecule is COC(=O)c1sc2nc(CN3CCCCC3)ccc2c1NC(=O)Cc1ccccc1C. The van der Waals surface area contributed by atoms with Crippen LogP contribution < -0.4 is 5.32 Å². The highest BCUT2D eigenvalue weighted by Gasteiger charge is 2.22. The molecule has 6 nitrogen and oxygen atoms in total. The largest absolute Gasteiger partial charge is 0.465 e. The van der Waals surface area contributed by atoms with E-state index >= 15 is 0 Å². The first kappa shape index (κ1) is 21.5. The lowest BCUT2D eigenvalue weighted by atomic mass is 10.1. The van der Waals surface area contributed by atoms with Gasteiger partial charge in [0.05, 0.1) is 24.9 Å². The molecule has 0 radical (unpaired) electrons. The van der Waals surface area contributed by atoms with Gasteiger partial charge < -0.3 is 10.1 Å². The van der Waals surface area contributed by atoms with Crippen LogP contribution in [0.2, 0.25) is 0 Å². The fourth-order valence-corrected chi connectivity index (χ4v) is 5.04. The van der Waals surface area contributed by atoms with Gasteiger partial charge in [-0.1, -0.05) is 30.7 Å². The van der Waals surface area contributed by atoms with Crippen molar-refractivity contribution in [2.75, 3.05) is 25.5 Å². The first-order chi connectivity index (χ1) is 15.0. The summed E-state index contributed by atoms with van der Waals surface area (Å²) in [4.78, 5) is 33.5. The molecule has 1 aromatic carbocycles. The van der Waals surface area contributed by atoms with Crippen LogP contribution in [0.25, 0.3) is 10.2 Å². The van der Waals surface area contributed by atoms with E-state index in [1.54, 1.807) is 0 Å². The normalized spacial score (nSPS) is 14.5. The van der Waals surface area contributed by atoms with Gasteiger partial charge in [-0.25, -0.2) is 9.78 Å². The van der Waals surface area contributed by atoms with Crippen LogP contribution >= 0.6 is 11.3 Å². The zero-order valence-electron chi connectivity index (χ0n) is 17.9. The van der Waals surface area contributed by atoms with Crippen molar-refractivity contribution >= 4 is 39.1 Å². The Balaban J connectivity index is 1.60. The predicted octanol–water partition coefficient (Wildman–Crippen LogP) is 4.56. The van der Waals surface area contributed by atoms with Gasteiger partial charge in [0.1, 0.15) is 9.71 Å². The maximum Gasteiger partial charge on any atom is 0.350 e. The summed E-state index contributed by atoms with van der Waals surface area (Å²) in [6, 6.07) is 11.7. The van der Waals surface area contributed by atoms with Crippen molar-refractivity contribution < 1.29 is 14.3 Å². The van der Waals surface area contributed by atoms with Crippen molar-refractivity contribution in [2.45, 2.75) is 39.2 Å². The van der Waals surface area contributed by atoms with Gasteiger partial charge in [-0.05, 0) is 56.1 Å². The van der Waals surface area contributed by atoms with E-state index in [1.165, 1.54) is 37.7 Å². The molecule has 1 saturated heterocycles. The minimum absolute atomic E-state index is 0.170. The van der Waals surface area contributed by atoms with Crippen molar-refractivity contribution in [3.8, 4) is 0 Å². The summed E-state index contributed by atoms with van der Waals surface area (Å²) in [5.74, 6) is -0.636. The zero-order chi connectivity index (χ0) is 21.8. The van der Waals surface area contributed by atoms with E-state index in [0.717, 1.165) is 46.7 Å². The third kappa shape index (κ3) is 4.94. The van der Waals surface area contributed by atoms with Crippen molar-refractivity contribution in [1.29, 1.82) is 0 Å². The quantitative estimate of drug-likeness (QED) is 0.573. The first-order valence-electron chi connectivity index (χ1n) is 10.6. The smallest absolute Gasteiger partial charge is 0.350 e. The Morgan fingerprint density at radius 1 is 1.13 bits per heavy atom. The topological polar surface area (TPSA) is 71.5 Å². The van der Waals surface area contributed by atoms with E-state index in [9.17, 15) is 9.59 Å². The summed E-state index contributed by atoms with van der Waals surface area (Å²) >= 11 is 1.27. The number of carbonyl (C=O) groups excluding carboxylic acids is 2. The number of aromatic nitrogens is 1. The molecule has 1 aliphatic heterocycles. The molecular formula is C24H27N3O3S. The summed E-state index contributed by atoms with van der Waals surface area (Å²) in [5.41, 5.74) is 3.48. The minimum Gasteiger partial charge on any atom is -0.465 e. The van der Waals surface area contributed by atoms with E-state index < -0.39 is 5.97 Å². The number of thiophene rings is 1. The molecule has 3 aromatic rings. The van der Waals surface area contributed by atoms with Gasteiger partial charge in [-0.15, -0.1) is 11.3 Å². The summed E-state index contributed by atoms with van der Waals surface area (Å²) in [6.07, 6.45) is 3.99. The number of benzene rings is 1. The second kappa shape index (κ2) is 9.58. The van der Waals surface area contributed by atoms with Gasteiger partial charge in [0.25, 0.3) is 0 Å². The number of nitrogens with one attached hydrogen (secondary N) is 1. The number of amides is 1. The summed E-state index contributed by atoms with van der Waals surface area (Å²) in [6.45, 7) is 4.97. The minimum atomic E-state index is -0.466. The molecule has 1 fully saturated rings. The number of carbonyl (C=O) groups is 2. The number of piperidine rings is 1. The lowest BCUT2D eigenvalue weighted by Gasteiger charge is -2.25. The van der Waals surface area contributed by atoms with Gasteiger partial charge in [-0.3, -0.25) is 9.69 Å². The molecule has 0 atom stereocenters. The number of aryl methyl sites for hydroxylation is 1. The highest BCUT2D eigenvalue weighted by Crippen LogP contribution is 2.36. The maximum atomic E-state index is 12.8. The molecule has 1 aliphatic rings. The van der Waals surface area contributed by atoms with Crippen molar-refractivity contribution in [3.05, 3.63) is 58.1 Å². The summed E-state index contributed by atoms with van der Waals surface area (Å²) < 4.78 is 4.96. The Kier molecular flexibility index (Phi) is 6.63. The van der Waals surface area contributed by atoms with Crippen molar-refractivity contribution in [3.63, 3.8) is 0 Å². The van der Waals surface area contributed by atoms with Crippen LogP contribution in [0.5, 0.6) is 0 Å². The summed E-state index contributed by atoms with van der Waals surface area (Å²) in [7, 11) is 1.35. The second-order valence-corrected chi connectivity index (χ2v) is 8.94. The molecule has 0 aliphatic carbocycles. The fourth-order valence-electron chi connectivity index (χ4n) is 3.98. The van der Waals surface area contributed by atoms with E-state index in [4.69, 9.17) is 9.72 Å². The molecule has 0 saturated carbocycles. The van der Waals surface area contributed by atoms with Gasteiger partial charge in [0, 0.05) is 11.9 Å². The van der Waals surface area contributed by atoms with Crippen molar-refractivity contribution in [1.82, 2.24) is 9.88 Å². The lowest BCUT2D eigenvalue weighted by Crippen LogP contribution is -2.29. The molecule has 162 valence electrons. The van der Waals surface area contributed by atoms with E-state index in [1.807, 2.05) is 43.3 Å². The van der Waals surface area contributed by atoms with Gasteiger partial charge >= 0.3 is 5.97 Å². The molecule has 0 unspecified atom stereocenters. The molecule has 4 rings (SSSR count). The highest BCUT2D eigenvalue weighted by molar-refractivity contribution is 7.21. The number of rotatable bonds is 6. The molecule has 1 N–H and O–H groups in total. The maximum absolute atomic E-state index is 12.8. The number of fused-ring (bicyclic) bond motifs is 1. The number of ether oxygens (including phenoxy) is 1. The number of hydrogen-bond acceptors (Lipinski definition) is 6. The number of pyridine rings is 1. The van der Waals surface area contributed by atoms with Crippen LogP contribution in [0.15, 0.2) is 36.4 Å². The first-order valence-corrected chi connectivity index (χ1v) is 11.4. The van der Waals surface area contributed by atoms with Crippen LogP contribution in [0.1, 0.15) is 45.8 Å². The van der Waals surface area contributed by atoms with E-state index in [2.05, 4.69) is 10.2 Å². The number of esters is 1. The predicted molar refractivity (Wildman–Crippen MR) is 124 cm³/mol. The molecule has 2 aromatic heterocycles. The Hall–Kier alpha value is -2.77. The van der Waals surface area contributed by atoms with Gasteiger partial charge in [0.15, 0.2) is 0 Å². The number of methoxy groups -OCH3 is 1. The average molecular weight is 438 g/mol. The molecular weight excluding hydrogens is 410 g/mol. The third-order valence-electron chi connectivity index (χ3n) is 5.69. The Labute approximate surface area is 186 Å². The number of nitrogens with zero attached hydrogens (tertiary/aromatic N) is 2. The van der Waals surface area contributed by atoms with E-state index in [0.29, 0.717) is 10.6 Å². The molecule has 1 amide bonds. The monoisotopic (exact) mass is 437 g/mol. The van der Waals surface area contributed by atoms with Crippen LogP contribution in [0, 0.1) is 6.92 Å². The van der Waals surface area contributed by atoms with E-state index in [-0.39, 0.29) is 12.3 Å². The molecule has 31 heavy (non-hydrogen) atoms. The van der Waals surface area contributed by atoms with Gasteiger partial charge in [0.2, 0.25) is 5.91 Å². The Morgan fingerprint density at radius 3 is 2.65 bits per heavy atom. The number of anilines is 1. The van der Waals surface area contributed by atoms with Crippen LogP contribution in [-0.2, 0) is 22.5 Å². The highest BCUT2D eigenvalue weighted by atomic mass is 32.1. The standard InChI is InChI=1S/C24H27N3O3S/c1-16-8-4-5-9-17(16)14-20(28)26-21-19-11-10-18(15-27-12-6-3-7-13-27)25-23(19)31-22(21)24(29)30-2/h4-5,8-11H,3,6-7,12-15H2,1-2H3,(H,26,28). The van der Waals surface area contributed by atoms with Crippen LogP contribution in [0.4, 0.5) is 5.69 Å². The van der Waals surface area contributed by atoms with Crippen molar-refractivity contribution in [2.24, 2.45) is 0 Å². The van der Waals surface area contributed by atoms with Gasteiger partial charge in [-0.2, -0.15) is 0 Å². The Bertz CT molecular complexity index is 1100. The summed E-state index contributed by atoms with van der Waals surface area (Å²) in [5, 5.41) is 3.71. The molecule has 0 spiro atoms. The molecule has 0 bridgehead atoms. The average Bonchev–Trinajstić information content (AvgIpc) is 3.13.